The van der Waals surface area contributed by atoms with Crippen molar-refractivity contribution in [1.29, 1.82) is 0 Å². The van der Waals surface area contributed by atoms with Crippen LogP contribution < -0.4 is 4.90 Å². The largest absolute Gasteiger partial charge is 0.416 e. The molecule has 0 unspecified atom stereocenters. The Balaban J connectivity index is 1.60. The van der Waals surface area contributed by atoms with Crippen molar-refractivity contribution in [1.82, 2.24) is 4.90 Å². The van der Waals surface area contributed by atoms with Gasteiger partial charge in [0.05, 0.1) is 10.6 Å². The Morgan fingerprint density at radius 1 is 1.00 bits per heavy atom. The van der Waals surface area contributed by atoms with E-state index in [4.69, 9.17) is 23.2 Å². The van der Waals surface area contributed by atoms with Gasteiger partial charge in [-0.2, -0.15) is 13.2 Å². The van der Waals surface area contributed by atoms with E-state index < -0.39 is 11.7 Å². The highest BCUT2D eigenvalue weighted by Gasteiger charge is 2.31. The summed E-state index contributed by atoms with van der Waals surface area (Å²) in [7, 11) is 0. The van der Waals surface area contributed by atoms with Crippen LogP contribution >= 0.6 is 23.2 Å². The fourth-order valence-electron chi connectivity index (χ4n) is 2.96. The van der Waals surface area contributed by atoms with Crippen LogP contribution in [0.3, 0.4) is 0 Å². The summed E-state index contributed by atoms with van der Waals surface area (Å²) in [5.74, 6) is -0.234. The molecule has 0 amide bonds. The third kappa shape index (κ3) is 5.00. The van der Waals surface area contributed by atoms with Crippen LogP contribution in [0.25, 0.3) is 0 Å². The third-order valence-electron chi connectivity index (χ3n) is 4.49. The van der Waals surface area contributed by atoms with E-state index in [2.05, 4.69) is 0 Å². The van der Waals surface area contributed by atoms with Gasteiger partial charge in [-0.05, 0) is 36.4 Å². The molecule has 3 rings (SSSR count). The van der Waals surface area contributed by atoms with E-state index in [-0.39, 0.29) is 10.8 Å². The predicted octanol–water partition coefficient (Wildman–Crippen LogP) is 5.53. The van der Waals surface area contributed by atoms with Crippen molar-refractivity contribution in [2.24, 2.45) is 0 Å². The number of alkyl halides is 3. The number of allylic oxidation sites excluding steroid dienone is 1. The van der Waals surface area contributed by atoms with Gasteiger partial charge in [-0.1, -0.05) is 29.3 Å². The summed E-state index contributed by atoms with van der Waals surface area (Å²) in [5.41, 5.74) is 0.255. The number of ketones is 1. The molecule has 0 bridgehead atoms. The van der Waals surface area contributed by atoms with E-state index in [9.17, 15) is 18.0 Å². The van der Waals surface area contributed by atoms with Gasteiger partial charge in [0, 0.05) is 54.7 Å². The molecule has 1 aliphatic heterocycles. The zero-order valence-corrected chi connectivity index (χ0v) is 16.2. The van der Waals surface area contributed by atoms with Crippen LogP contribution in [-0.4, -0.2) is 36.9 Å². The average molecular weight is 429 g/mol. The first-order valence-electron chi connectivity index (χ1n) is 8.58. The third-order valence-corrected chi connectivity index (χ3v) is 5.03. The van der Waals surface area contributed by atoms with Crippen molar-refractivity contribution in [3.05, 3.63) is 75.9 Å². The van der Waals surface area contributed by atoms with Crippen LogP contribution in [0.4, 0.5) is 18.9 Å². The molecule has 0 aromatic heterocycles. The summed E-state index contributed by atoms with van der Waals surface area (Å²) >= 11 is 11.9. The minimum atomic E-state index is -4.36. The number of hydrogen-bond donors (Lipinski definition) is 0. The van der Waals surface area contributed by atoms with Gasteiger partial charge in [0.1, 0.15) is 0 Å². The summed E-state index contributed by atoms with van der Waals surface area (Å²) in [6.45, 7) is 2.30. The number of carbonyl (C=O) groups excluding carboxylic acids is 1. The number of hydrogen-bond acceptors (Lipinski definition) is 3. The van der Waals surface area contributed by atoms with Crippen LogP contribution in [0.5, 0.6) is 0 Å². The molecule has 1 aliphatic rings. The van der Waals surface area contributed by atoms with Gasteiger partial charge in [0.15, 0.2) is 5.78 Å². The van der Waals surface area contributed by atoms with E-state index in [1.807, 2.05) is 9.80 Å². The standard InChI is InChI=1S/C20H17Cl2F3N2O/c21-15-4-5-17(18(22)13-15)19(28)6-7-26-8-10-27(11-9-26)16-3-1-2-14(12-16)20(23,24)25/h1-7,12-13H,8-11H2/b7-6+. The van der Waals surface area contributed by atoms with E-state index in [0.717, 1.165) is 12.1 Å². The average Bonchev–Trinajstić information content (AvgIpc) is 2.66. The van der Waals surface area contributed by atoms with Crippen molar-refractivity contribution in [3.63, 3.8) is 0 Å². The molecule has 0 radical (unpaired) electrons. The monoisotopic (exact) mass is 428 g/mol. The van der Waals surface area contributed by atoms with Crippen LogP contribution in [0.15, 0.2) is 54.7 Å². The topological polar surface area (TPSA) is 23.6 Å². The Labute approximate surface area is 170 Å². The van der Waals surface area contributed by atoms with Gasteiger partial charge < -0.3 is 9.80 Å². The molecule has 1 heterocycles. The molecule has 1 fully saturated rings. The minimum absolute atomic E-state index is 0.234. The molecule has 3 nitrogen and oxygen atoms in total. The normalized spacial score (nSPS) is 15.3. The first kappa shape index (κ1) is 20.6. The second kappa shape index (κ2) is 8.45. The molecule has 28 heavy (non-hydrogen) atoms. The van der Waals surface area contributed by atoms with Crippen LogP contribution in [0, 0.1) is 0 Å². The van der Waals surface area contributed by atoms with Crippen LogP contribution in [0.1, 0.15) is 15.9 Å². The molecule has 2 aromatic carbocycles. The van der Waals surface area contributed by atoms with E-state index >= 15 is 0 Å². The quantitative estimate of drug-likeness (QED) is 0.472. The Morgan fingerprint density at radius 3 is 2.36 bits per heavy atom. The lowest BCUT2D eigenvalue weighted by atomic mass is 10.1. The Kier molecular flexibility index (Phi) is 6.20. The zero-order chi connectivity index (χ0) is 20.3. The molecule has 0 spiro atoms. The van der Waals surface area contributed by atoms with Crippen molar-refractivity contribution in [2.75, 3.05) is 31.1 Å². The first-order chi connectivity index (χ1) is 13.2. The molecule has 2 aromatic rings. The summed E-state index contributed by atoms with van der Waals surface area (Å²) in [4.78, 5) is 16.1. The molecule has 0 N–H and O–H groups in total. The van der Waals surface area contributed by atoms with Gasteiger partial charge in [-0.15, -0.1) is 0 Å². The summed E-state index contributed by atoms with van der Waals surface area (Å²) in [6.07, 6.45) is -1.23. The maximum absolute atomic E-state index is 12.9. The van der Waals surface area contributed by atoms with E-state index in [1.165, 1.54) is 18.2 Å². The first-order valence-corrected chi connectivity index (χ1v) is 9.33. The Bertz CT molecular complexity index is 891. The number of nitrogens with zero attached hydrogens (tertiary/aromatic N) is 2. The highest BCUT2D eigenvalue weighted by Crippen LogP contribution is 2.32. The number of benzene rings is 2. The van der Waals surface area contributed by atoms with Gasteiger partial charge in [0.2, 0.25) is 0 Å². The maximum atomic E-state index is 12.9. The Hall–Kier alpha value is -2.18. The summed E-state index contributed by atoms with van der Waals surface area (Å²) in [5, 5.41) is 0.743. The summed E-state index contributed by atoms with van der Waals surface area (Å²) < 4.78 is 38.6. The van der Waals surface area contributed by atoms with Crippen molar-refractivity contribution >= 4 is 34.7 Å². The van der Waals surface area contributed by atoms with E-state index in [1.54, 1.807) is 24.4 Å². The van der Waals surface area contributed by atoms with Crippen molar-refractivity contribution in [2.45, 2.75) is 6.18 Å². The lowest BCUT2D eigenvalue weighted by Gasteiger charge is -2.35. The SMILES string of the molecule is O=C(/C=C/N1CCN(c2cccc(C(F)(F)F)c2)CC1)c1ccc(Cl)cc1Cl. The molecular formula is C20H17Cl2F3N2O. The summed E-state index contributed by atoms with van der Waals surface area (Å²) in [6, 6.07) is 10.0. The van der Waals surface area contributed by atoms with Gasteiger partial charge in [-0.25, -0.2) is 0 Å². The molecule has 0 saturated carbocycles. The minimum Gasteiger partial charge on any atom is -0.374 e. The number of anilines is 1. The molecule has 1 saturated heterocycles. The van der Waals surface area contributed by atoms with Crippen molar-refractivity contribution < 1.29 is 18.0 Å². The highest BCUT2D eigenvalue weighted by molar-refractivity contribution is 6.37. The number of piperazine rings is 1. The van der Waals surface area contributed by atoms with Crippen LogP contribution in [0.2, 0.25) is 10.0 Å². The lowest BCUT2D eigenvalue weighted by molar-refractivity contribution is -0.137. The number of carbonyl (C=O) groups is 1. The van der Waals surface area contributed by atoms with Gasteiger partial charge in [-0.3, -0.25) is 4.79 Å². The lowest BCUT2D eigenvalue weighted by Crippen LogP contribution is -2.44. The molecule has 8 heteroatoms. The molecule has 0 aliphatic carbocycles. The maximum Gasteiger partial charge on any atom is 0.416 e. The predicted molar refractivity (Wildman–Crippen MR) is 105 cm³/mol. The Morgan fingerprint density at radius 2 is 1.71 bits per heavy atom. The second-order valence-electron chi connectivity index (χ2n) is 6.38. The number of halogens is 5. The molecular weight excluding hydrogens is 412 g/mol. The highest BCUT2D eigenvalue weighted by atomic mass is 35.5. The van der Waals surface area contributed by atoms with Gasteiger partial charge in [0.25, 0.3) is 0 Å². The van der Waals surface area contributed by atoms with Gasteiger partial charge >= 0.3 is 6.18 Å². The second-order valence-corrected chi connectivity index (χ2v) is 7.22. The fraction of sp³-hybridized carbons (Fsp3) is 0.250. The smallest absolute Gasteiger partial charge is 0.374 e. The molecule has 0 atom stereocenters. The van der Waals surface area contributed by atoms with Crippen LogP contribution in [-0.2, 0) is 6.18 Å². The zero-order valence-electron chi connectivity index (χ0n) is 14.7. The van der Waals surface area contributed by atoms with Crippen molar-refractivity contribution in [3.8, 4) is 0 Å². The molecule has 148 valence electrons. The fourth-order valence-corrected chi connectivity index (χ4v) is 3.46. The number of rotatable bonds is 4. The van der Waals surface area contributed by atoms with E-state index in [0.29, 0.717) is 42.5 Å².